The van der Waals surface area contributed by atoms with Gasteiger partial charge in [-0.3, -0.25) is 14.6 Å². The zero-order chi connectivity index (χ0) is 23.4. The molecule has 9 nitrogen and oxygen atoms in total. The zero-order valence-electron chi connectivity index (χ0n) is 18.8. The average Bonchev–Trinajstić information content (AvgIpc) is 3.57. The number of nitrogens with two attached hydrogens (primary N) is 1. The van der Waals surface area contributed by atoms with Crippen molar-refractivity contribution in [3.8, 4) is 0 Å². The maximum absolute atomic E-state index is 13.8. The van der Waals surface area contributed by atoms with Gasteiger partial charge in [0.1, 0.15) is 18.2 Å². The lowest BCUT2D eigenvalue weighted by atomic mass is 10.0. The third-order valence-electron chi connectivity index (χ3n) is 6.72. The molecule has 34 heavy (non-hydrogen) atoms. The highest BCUT2D eigenvalue weighted by molar-refractivity contribution is 6.00. The van der Waals surface area contributed by atoms with Gasteiger partial charge in [0.25, 0.3) is 5.91 Å². The number of fused-ring (bicyclic) bond motifs is 4. The van der Waals surface area contributed by atoms with Crippen molar-refractivity contribution in [3.63, 3.8) is 0 Å². The summed E-state index contributed by atoms with van der Waals surface area (Å²) in [6.07, 6.45) is 1.15. The number of hydrazine groups is 1. The first-order valence-electron chi connectivity index (χ1n) is 11.3. The molecule has 2 amide bonds. The van der Waals surface area contributed by atoms with Crippen molar-refractivity contribution in [3.05, 3.63) is 65.0 Å². The molecule has 0 unspecified atom stereocenters. The minimum Gasteiger partial charge on any atom is -0.383 e. The van der Waals surface area contributed by atoms with E-state index in [4.69, 9.17) is 15.5 Å². The van der Waals surface area contributed by atoms with Crippen LogP contribution in [0.4, 0.5) is 5.82 Å². The molecule has 172 valence electrons. The largest absolute Gasteiger partial charge is 0.383 e. The number of carbonyl (C=O) groups excluding carboxylic acids is 2. The normalized spacial score (nSPS) is 15.4. The van der Waals surface area contributed by atoms with Crippen LogP contribution in [0.2, 0.25) is 0 Å². The number of ether oxygens (including phenoxy) is 1. The van der Waals surface area contributed by atoms with Gasteiger partial charge in [-0.25, -0.2) is 15.0 Å². The first-order valence-corrected chi connectivity index (χ1v) is 11.3. The van der Waals surface area contributed by atoms with Gasteiger partial charge in [-0.2, -0.15) is 0 Å². The van der Waals surface area contributed by atoms with E-state index in [1.54, 1.807) is 17.1 Å². The number of pyridine rings is 1. The summed E-state index contributed by atoms with van der Waals surface area (Å²) in [6.45, 7) is 1.55. The molecule has 2 aliphatic rings. The molecule has 2 aromatic heterocycles. The fourth-order valence-electron chi connectivity index (χ4n) is 4.88. The summed E-state index contributed by atoms with van der Waals surface area (Å²) in [5, 5.41) is 3.93. The number of benzene rings is 2. The van der Waals surface area contributed by atoms with Gasteiger partial charge < -0.3 is 15.0 Å². The monoisotopic (exact) mass is 456 g/mol. The van der Waals surface area contributed by atoms with Crippen LogP contribution >= 0.6 is 0 Å². The van der Waals surface area contributed by atoms with E-state index < -0.39 is 0 Å². The second-order valence-corrected chi connectivity index (χ2v) is 8.74. The molecular formula is C25H24N6O3. The standard InChI is InChI=1S/C25H24N6O3/c1-29-21-6-3-2-5-20(21)27-22(29)12-31(30-10-4-7-23(30)32)25(33)15-8-9-19-16(11-15)17-13-34-14-18(17)24(26)28-19/h2-3,5-6,8-9,11H,4,7,10,12-14H2,1H3,(H2,26,28). The van der Waals surface area contributed by atoms with Crippen molar-refractivity contribution in [1.82, 2.24) is 24.6 Å². The van der Waals surface area contributed by atoms with Crippen LogP contribution in [-0.2, 0) is 36.3 Å². The third kappa shape index (κ3) is 3.19. The molecule has 9 heteroatoms. The Hall–Kier alpha value is -3.98. The third-order valence-corrected chi connectivity index (χ3v) is 6.72. The molecule has 2 N–H and O–H groups in total. The van der Waals surface area contributed by atoms with Gasteiger partial charge >= 0.3 is 0 Å². The Labute approximate surface area is 195 Å². The van der Waals surface area contributed by atoms with Gasteiger partial charge in [0, 0.05) is 36.5 Å². The fourth-order valence-corrected chi connectivity index (χ4v) is 4.88. The van der Waals surface area contributed by atoms with Crippen LogP contribution < -0.4 is 5.73 Å². The fraction of sp³-hybridized carbons (Fsp3) is 0.280. The summed E-state index contributed by atoms with van der Waals surface area (Å²) in [7, 11) is 1.93. The number of imidazole rings is 1. The van der Waals surface area contributed by atoms with E-state index in [2.05, 4.69) is 4.98 Å². The maximum Gasteiger partial charge on any atom is 0.272 e. The predicted molar refractivity (Wildman–Crippen MR) is 126 cm³/mol. The SMILES string of the molecule is Cn1c(CN(C(=O)c2ccc3nc(N)c4c(c3c2)COC4)N2CCCC2=O)nc2ccccc21. The number of aryl methyl sites for hydroxylation is 1. The number of hydrogen-bond donors (Lipinski definition) is 1. The molecule has 0 atom stereocenters. The van der Waals surface area contributed by atoms with Crippen molar-refractivity contribution < 1.29 is 14.3 Å². The first-order chi connectivity index (χ1) is 16.5. The second-order valence-electron chi connectivity index (χ2n) is 8.74. The van der Waals surface area contributed by atoms with Crippen LogP contribution in [0.15, 0.2) is 42.5 Å². The topological polar surface area (TPSA) is 107 Å². The summed E-state index contributed by atoms with van der Waals surface area (Å²) in [5.41, 5.74) is 11.0. The van der Waals surface area contributed by atoms with Gasteiger partial charge in [-0.05, 0) is 42.3 Å². The molecule has 0 radical (unpaired) electrons. The van der Waals surface area contributed by atoms with Gasteiger partial charge in [0.15, 0.2) is 0 Å². The van der Waals surface area contributed by atoms with Crippen LogP contribution in [0.3, 0.4) is 0 Å². The molecule has 0 bridgehead atoms. The quantitative estimate of drug-likeness (QED) is 0.506. The highest BCUT2D eigenvalue weighted by atomic mass is 16.5. The van der Waals surface area contributed by atoms with Gasteiger partial charge in [-0.1, -0.05) is 12.1 Å². The van der Waals surface area contributed by atoms with E-state index in [0.29, 0.717) is 43.4 Å². The van der Waals surface area contributed by atoms with Crippen molar-refractivity contribution in [2.45, 2.75) is 32.6 Å². The smallest absolute Gasteiger partial charge is 0.272 e. The molecule has 1 fully saturated rings. The van der Waals surface area contributed by atoms with E-state index in [1.807, 2.05) is 41.9 Å². The number of amides is 2. The van der Waals surface area contributed by atoms with Gasteiger partial charge in [0.05, 0.1) is 29.8 Å². The molecule has 1 saturated heterocycles. The molecule has 0 spiro atoms. The van der Waals surface area contributed by atoms with Crippen LogP contribution in [0.1, 0.15) is 40.2 Å². The highest BCUT2D eigenvalue weighted by Crippen LogP contribution is 2.32. The number of aromatic nitrogens is 3. The van der Waals surface area contributed by atoms with E-state index >= 15 is 0 Å². The molecule has 4 aromatic rings. The lowest BCUT2D eigenvalue weighted by Crippen LogP contribution is -2.47. The summed E-state index contributed by atoms with van der Waals surface area (Å²) >= 11 is 0. The number of carbonyl (C=O) groups is 2. The summed E-state index contributed by atoms with van der Waals surface area (Å²) in [4.78, 5) is 35.7. The minimum absolute atomic E-state index is 0.0587. The first kappa shape index (κ1) is 20.6. The number of hydrogen-bond acceptors (Lipinski definition) is 6. The number of anilines is 1. The Bertz CT molecular complexity index is 1480. The molecule has 2 aliphatic heterocycles. The van der Waals surface area contributed by atoms with E-state index in [0.717, 1.165) is 39.5 Å². The van der Waals surface area contributed by atoms with E-state index in [9.17, 15) is 9.59 Å². The van der Waals surface area contributed by atoms with Crippen LogP contribution in [0.25, 0.3) is 21.9 Å². The average molecular weight is 457 g/mol. The number of nitrogen functional groups attached to an aromatic ring is 1. The highest BCUT2D eigenvalue weighted by Gasteiger charge is 2.32. The Morgan fingerprint density at radius 1 is 1.12 bits per heavy atom. The molecule has 0 saturated carbocycles. The molecule has 4 heterocycles. The van der Waals surface area contributed by atoms with Crippen molar-refractivity contribution >= 4 is 39.6 Å². The Balaban J connectivity index is 1.42. The number of nitrogens with zero attached hydrogens (tertiary/aromatic N) is 5. The Morgan fingerprint density at radius 3 is 2.74 bits per heavy atom. The molecular weight excluding hydrogens is 432 g/mol. The van der Waals surface area contributed by atoms with E-state index in [-0.39, 0.29) is 18.4 Å². The van der Waals surface area contributed by atoms with E-state index in [1.165, 1.54) is 5.01 Å². The van der Waals surface area contributed by atoms with Gasteiger partial charge in [0.2, 0.25) is 5.91 Å². The lowest BCUT2D eigenvalue weighted by Gasteiger charge is -2.31. The maximum atomic E-state index is 13.8. The second kappa shape index (κ2) is 7.81. The molecule has 6 rings (SSSR count). The molecule has 2 aromatic carbocycles. The van der Waals surface area contributed by atoms with Crippen molar-refractivity contribution in [1.29, 1.82) is 0 Å². The van der Waals surface area contributed by atoms with Crippen LogP contribution in [0.5, 0.6) is 0 Å². The molecule has 0 aliphatic carbocycles. The van der Waals surface area contributed by atoms with Gasteiger partial charge in [-0.15, -0.1) is 0 Å². The summed E-state index contributed by atoms with van der Waals surface area (Å²) in [5.74, 6) is 0.856. The van der Waals surface area contributed by atoms with Crippen LogP contribution in [-0.4, -0.2) is 42.9 Å². The summed E-state index contributed by atoms with van der Waals surface area (Å²) in [6, 6.07) is 13.2. The number of para-hydroxylation sites is 2. The summed E-state index contributed by atoms with van der Waals surface area (Å²) < 4.78 is 7.55. The zero-order valence-corrected chi connectivity index (χ0v) is 18.8. The Kier molecular flexibility index (Phi) is 4.73. The number of rotatable bonds is 4. The van der Waals surface area contributed by atoms with Crippen molar-refractivity contribution in [2.75, 3.05) is 12.3 Å². The lowest BCUT2D eigenvalue weighted by molar-refractivity contribution is -0.140. The Morgan fingerprint density at radius 2 is 1.94 bits per heavy atom. The van der Waals surface area contributed by atoms with Crippen LogP contribution in [0, 0.1) is 0 Å². The van der Waals surface area contributed by atoms with Crippen molar-refractivity contribution in [2.24, 2.45) is 7.05 Å². The minimum atomic E-state index is -0.256. The predicted octanol–water partition coefficient (Wildman–Crippen LogP) is 2.91.